The molecule has 1 aromatic rings. The van der Waals surface area contributed by atoms with Crippen molar-refractivity contribution in [2.75, 3.05) is 11.9 Å². The molecule has 0 aliphatic heterocycles. The molecule has 0 aromatic heterocycles. The minimum atomic E-state index is -0.305. The van der Waals surface area contributed by atoms with Gasteiger partial charge in [-0.2, -0.15) is 0 Å². The van der Waals surface area contributed by atoms with Crippen LogP contribution < -0.4 is 5.32 Å². The number of aliphatic hydroxyl groups is 1. The van der Waals surface area contributed by atoms with Crippen molar-refractivity contribution in [1.82, 2.24) is 0 Å². The van der Waals surface area contributed by atoms with Crippen molar-refractivity contribution in [2.24, 2.45) is 0 Å². The molecule has 1 aromatic carbocycles. The van der Waals surface area contributed by atoms with Gasteiger partial charge >= 0.3 is 0 Å². The lowest BCUT2D eigenvalue weighted by atomic mass is 10.1. The summed E-state index contributed by atoms with van der Waals surface area (Å²) in [6.07, 6.45) is -0.305. The summed E-state index contributed by atoms with van der Waals surface area (Å²) in [4.78, 5) is 0. The minimum Gasteiger partial charge on any atom is -0.392 e. The van der Waals surface area contributed by atoms with Crippen molar-refractivity contribution < 1.29 is 5.11 Å². The highest BCUT2D eigenvalue weighted by Crippen LogP contribution is 2.15. The third kappa shape index (κ3) is 3.07. The van der Waals surface area contributed by atoms with E-state index in [0.29, 0.717) is 6.54 Å². The monoisotopic (exact) mass is 179 g/mol. The van der Waals surface area contributed by atoms with Crippen LogP contribution in [0.5, 0.6) is 0 Å². The number of hydrogen-bond acceptors (Lipinski definition) is 2. The SMILES string of the molecule is Cc1ccc(NC[C@H](C)O)c(C)c1. The molecule has 1 rings (SSSR count). The van der Waals surface area contributed by atoms with E-state index in [9.17, 15) is 0 Å². The van der Waals surface area contributed by atoms with E-state index in [2.05, 4.69) is 31.3 Å². The van der Waals surface area contributed by atoms with Crippen molar-refractivity contribution in [3.63, 3.8) is 0 Å². The van der Waals surface area contributed by atoms with E-state index in [0.717, 1.165) is 5.69 Å². The van der Waals surface area contributed by atoms with Crippen LogP contribution in [-0.4, -0.2) is 17.8 Å². The topological polar surface area (TPSA) is 32.3 Å². The molecule has 0 bridgehead atoms. The van der Waals surface area contributed by atoms with Gasteiger partial charge in [0, 0.05) is 12.2 Å². The maximum absolute atomic E-state index is 9.10. The highest BCUT2D eigenvalue weighted by Gasteiger charge is 1.99. The van der Waals surface area contributed by atoms with E-state index in [-0.39, 0.29) is 6.10 Å². The molecule has 0 amide bonds. The Balaban J connectivity index is 2.67. The standard InChI is InChI=1S/C11H17NO/c1-8-4-5-11(9(2)6-8)12-7-10(3)13/h4-6,10,12-13H,7H2,1-3H3/t10-/m0/s1. The maximum atomic E-state index is 9.10. The number of aliphatic hydroxyl groups excluding tert-OH is 1. The number of rotatable bonds is 3. The van der Waals surface area contributed by atoms with Gasteiger partial charge in [0.1, 0.15) is 0 Å². The van der Waals surface area contributed by atoms with Crippen LogP contribution in [0.4, 0.5) is 5.69 Å². The third-order valence-electron chi connectivity index (χ3n) is 1.97. The van der Waals surface area contributed by atoms with Gasteiger partial charge in [0.05, 0.1) is 6.10 Å². The fraction of sp³-hybridized carbons (Fsp3) is 0.455. The second-order valence-corrected chi connectivity index (χ2v) is 3.55. The Labute approximate surface area is 79.6 Å². The molecule has 0 aliphatic rings. The van der Waals surface area contributed by atoms with E-state index in [1.807, 2.05) is 6.07 Å². The van der Waals surface area contributed by atoms with E-state index >= 15 is 0 Å². The second-order valence-electron chi connectivity index (χ2n) is 3.55. The van der Waals surface area contributed by atoms with Gasteiger partial charge in [0.2, 0.25) is 0 Å². The number of aryl methyl sites for hydroxylation is 2. The molecular weight excluding hydrogens is 162 g/mol. The van der Waals surface area contributed by atoms with E-state index in [4.69, 9.17) is 5.11 Å². The van der Waals surface area contributed by atoms with Crippen LogP contribution in [0.25, 0.3) is 0 Å². The minimum absolute atomic E-state index is 0.305. The van der Waals surface area contributed by atoms with Crippen molar-refractivity contribution in [3.05, 3.63) is 29.3 Å². The molecule has 72 valence electrons. The Morgan fingerprint density at radius 3 is 2.62 bits per heavy atom. The lowest BCUT2D eigenvalue weighted by Gasteiger charge is -2.11. The third-order valence-corrected chi connectivity index (χ3v) is 1.97. The lowest BCUT2D eigenvalue weighted by Crippen LogP contribution is -2.15. The molecule has 1 atom stereocenters. The fourth-order valence-electron chi connectivity index (χ4n) is 1.27. The van der Waals surface area contributed by atoms with Crippen molar-refractivity contribution in [2.45, 2.75) is 26.9 Å². The molecule has 0 radical (unpaired) electrons. The van der Waals surface area contributed by atoms with Crippen LogP contribution >= 0.6 is 0 Å². The Hall–Kier alpha value is -1.02. The summed E-state index contributed by atoms with van der Waals surface area (Å²) < 4.78 is 0. The molecule has 0 saturated heterocycles. The number of benzene rings is 1. The first-order chi connectivity index (χ1) is 6.09. The first kappa shape index (κ1) is 10.1. The Morgan fingerprint density at radius 1 is 1.38 bits per heavy atom. The molecule has 0 spiro atoms. The maximum Gasteiger partial charge on any atom is 0.0684 e. The Morgan fingerprint density at radius 2 is 2.08 bits per heavy atom. The average molecular weight is 179 g/mol. The average Bonchev–Trinajstić information content (AvgIpc) is 2.02. The van der Waals surface area contributed by atoms with Crippen LogP contribution in [0, 0.1) is 13.8 Å². The number of nitrogens with one attached hydrogen (secondary N) is 1. The zero-order valence-electron chi connectivity index (χ0n) is 8.46. The van der Waals surface area contributed by atoms with Gasteiger partial charge in [-0.3, -0.25) is 0 Å². The molecule has 0 heterocycles. The summed E-state index contributed by atoms with van der Waals surface area (Å²) in [5, 5.41) is 12.3. The van der Waals surface area contributed by atoms with Crippen LogP contribution in [0.15, 0.2) is 18.2 Å². The molecule has 13 heavy (non-hydrogen) atoms. The van der Waals surface area contributed by atoms with Gasteiger partial charge in [-0.1, -0.05) is 17.7 Å². The second kappa shape index (κ2) is 4.28. The van der Waals surface area contributed by atoms with E-state index < -0.39 is 0 Å². The molecule has 0 saturated carbocycles. The molecule has 2 N–H and O–H groups in total. The van der Waals surface area contributed by atoms with Gasteiger partial charge < -0.3 is 10.4 Å². The van der Waals surface area contributed by atoms with Crippen molar-refractivity contribution in [3.8, 4) is 0 Å². The Bertz CT molecular complexity index is 281. The van der Waals surface area contributed by atoms with Gasteiger partial charge in [-0.05, 0) is 32.4 Å². The number of hydrogen-bond donors (Lipinski definition) is 2. The lowest BCUT2D eigenvalue weighted by molar-refractivity contribution is 0.208. The van der Waals surface area contributed by atoms with Crippen LogP contribution in [0.1, 0.15) is 18.1 Å². The van der Waals surface area contributed by atoms with Crippen LogP contribution in [-0.2, 0) is 0 Å². The quantitative estimate of drug-likeness (QED) is 0.744. The fourth-order valence-corrected chi connectivity index (χ4v) is 1.27. The van der Waals surface area contributed by atoms with E-state index in [1.165, 1.54) is 11.1 Å². The zero-order valence-corrected chi connectivity index (χ0v) is 8.46. The Kier molecular flexibility index (Phi) is 3.32. The van der Waals surface area contributed by atoms with Gasteiger partial charge in [-0.25, -0.2) is 0 Å². The van der Waals surface area contributed by atoms with E-state index in [1.54, 1.807) is 6.92 Å². The molecule has 0 aliphatic carbocycles. The first-order valence-corrected chi connectivity index (χ1v) is 4.59. The largest absolute Gasteiger partial charge is 0.392 e. The summed E-state index contributed by atoms with van der Waals surface area (Å²) in [5.74, 6) is 0. The summed E-state index contributed by atoms with van der Waals surface area (Å²) in [5.41, 5.74) is 3.59. The van der Waals surface area contributed by atoms with Crippen LogP contribution in [0.2, 0.25) is 0 Å². The smallest absolute Gasteiger partial charge is 0.0684 e. The van der Waals surface area contributed by atoms with Crippen LogP contribution in [0.3, 0.4) is 0 Å². The van der Waals surface area contributed by atoms with Gasteiger partial charge in [-0.15, -0.1) is 0 Å². The zero-order chi connectivity index (χ0) is 9.84. The molecular formula is C11H17NO. The molecule has 2 nitrogen and oxygen atoms in total. The summed E-state index contributed by atoms with van der Waals surface area (Å²) in [6, 6.07) is 6.24. The van der Waals surface area contributed by atoms with Gasteiger partial charge in [0.25, 0.3) is 0 Å². The summed E-state index contributed by atoms with van der Waals surface area (Å²) in [6.45, 7) is 6.52. The summed E-state index contributed by atoms with van der Waals surface area (Å²) in [7, 11) is 0. The van der Waals surface area contributed by atoms with Gasteiger partial charge in [0.15, 0.2) is 0 Å². The number of anilines is 1. The normalized spacial score (nSPS) is 12.6. The van der Waals surface area contributed by atoms with Crippen molar-refractivity contribution >= 4 is 5.69 Å². The molecule has 0 unspecified atom stereocenters. The highest BCUT2D eigenvalue weighted by molar-refractivity contribution is 5.51. The highest BCUT2D eigenvalue weighted by atomic mass is 16.3. The first-order valence-electron chi connectivity index (χ1n) is 4.59. The summed E-state index contributed by atoms with van der Waals surface area (Å²) >= 11 is 0. The molecule has 2 heteroatoms. The predicted octanol–water partition coefficient (Wildman–Crippen LogP) is 2.10. The predicted molar refractivity (Wildman–Crippen MR) is 56.1 cm³/mol. The molecule has 0 fully saturated rings. The van der Waals surface area contributed by atoms with Crippen molar-refractivity contribution in [1.29, 1.82) is 0 Å².